The fourth-order valence-corrected chi connectivity index (χ4v) is 2.10. The number of nitrogens with one attached hydrogen (secondary N) is 1. The van der Waals surface area contributed by atoms with Gasteiger partial charge < -0.3 is 10.4 Å². The van der Waals surface area contributed by atoms with Crippen LogP contribution in [0.4, 0.5) is 0 Å². The summed E-state index contributed by atoms with van der Waals surface area (Å²) in [5.41, 5.74) is 0.997. The number of benzene rings is 1. The van der Waals surface area contributed by atoms with Gasteiger partial charge >= 0.3 is 5.97 Å². The van der Waals surface area contributed by atoms with Crippen LogP contribution in [0.2, 0.25) is 0 Å². The number of hydrogen-bond acceptors (Lipinski definition) is 2. The number of amides is 1. The van der Waals surface area contributed by atoms with E-state index >= 15 is 0 Å². The number of aromatic carboxylic acids is 1. The van der Waals surface area contributed by atoms with Gasteiger partial charge in [-0.15, -0.1) is 0 Å². The summed E-state index contributed by atoms with van der Waals surface area (Å²) in [4.78, 5) is 23.1. The summed E-state index contributed by atoms with van der Waals surface area (Å²) >= 11 is 0. The number of aryl methyl sites for hydroxylation is 1. The fourth-order valence-electron chi connectivity index (χ4n) is 2.10. The first-order valence-electron chi connectivity index (χ1n) is 6.42. The third-order valence-electron chi connectivity index (χ3n) is 2.91. The fraction of sp³-hybridized carbons (Fsp3) is 0.467. The van der Waals surface area contributed by atoms with E-state index < -0.39 is 5.97 Å². The standard InChI is InChI=1S/C15H21NO3/c1-5-6-15(3,4)16-13(17)11-7-10(2)8-12(9-11)14(18)19/h7-9H,5-6H2,1-4H3,(H,16,17)(H,18,19). The highest BCUT2D eigenvalue weighted by Gasteiger charge is 2.20. The topological polar surface area (TPSA) is 66.4 Å². The van der Waals surface area contributed by atoms with Gasteiger partial charge in [-0.05, 0) is 51.0 Å². The number of carboxylic acids is 1. The van der Waals surface area contributed by atoms with Crippen LogP contribution in [0.25, 0.3) is 0 Å². The average molecular weight is 263 g/mol. The van der Waals surface area contributed by atoms with E-state index in [1.165, 1.54) is 6.07 Å². The Balaban J connectivity index is 2.97. The number of hydrogen-bond donors (Lipinski definition) is 2. The largest absolute Gasteiger partial charge is 0.478 e. The summed E-state index contributed by atoms with van der Waals surface area (Å²) in [6, 6.07) is 4.66. The average Bonchev–Trinajstić information content (AvgIpc) is 2.27. The van der Waals surface area contributed by atoms with Gasteiger partial charge in [-0.3, -0.25) is 4.79 Å². The molecule has 1 amide bonds. The molecule has 1 rings (SSSR count). The van der Waals surface area contributed by atoms with Crippen molar-refractivity contribution in [2.45, 2.75) is 46.1 Å². The van der Waals surface area contributed by atoms with E-state index in [1.807, 2.05) is 13.8 Å². The van der Waals surface area contributed by atoms with Gasteiger partial charge in [-0.25, -0.2) is 4.79 Å². The molecular weight excluding hydrogens is 242 g/mol. The third kappa shape index (κ3) is 4.39. The molecule has 19 heavy (non-hydrogen) atoms. The number of carbonyl (C=O) groups is 2. The van der Waals surface area contributed by atoms with Gasteiger partial charge in [0, 0.05) is 11.1 Å². The quantitative estimate of drug-likeness (QED) is 0.858. The molecule has 0 spiro atoms. The van der Waals surface area contributed by atoms with Crippen LogP contribution in [0, 0.1) is 6.92 Å². The van der Waals surface area contributed by atoms with Gasteiger partial charge in [-0.1, -0.05) is 13.3 Å². The number of carbonyl (C=O) groups excluding carboxylic acids is 1. The molecule has 0 saturated carbocycles. The molecule has 4 nitrogen and oxygen atoms in total. The molecule has 0 fully saturated rings. The molecule has 0 aliphatic heterocycles. The van der Waals surface area contributed by atoms with Crippen molar-refractivity contribution in [2.24, 2.45) is 0 Å². The molecule has 1 aromatic carbocycles. The van der Waals surface area contributed by atoms with Crippen molar-refractivity contribution in [3.63, 3.8) is 0 Å². The van der Waals surface area contributed by atoms with E-state index in [4.69, 9.17) is 5.11 Å². The molecule has 0 aliphatic rings. The minimum absolute atomic E-state index is 0.137. The summed E-state index contributed by atoms with van der Waals surface area (Å²) in [6.45, 7) is 7.76. The number of rotatable bonds is 5. The maximum atomic E-state index is 12.2. The van der Waals surface area contributed by atoms with E-state index in [0.717, 1.165) is 18.4 Å². The van der Waals surface area contributed by atoms with E-state index in [0.29, 0.717) is 5.56 Å². The Morgan fingerprint density at radius 3 is 2.32 bits per heavy atom. The summed E-state index contributed by atoms with van der Waals surface area (Å²) in [5.74, 6) is -1.25. The predicted molar refractivity (Wildman–Crippen MR) is 74.6 cm³/mol. The van der Waals surface area contributed by atoms with Crippen LogP contribution in [-0.2, 0) is 0 Å². The molecular formula is C15H21NO3. The first kappa shape index (κ1) is 15.2. The van der Waals surface area contributed by atoms with Crippen LogP contribution in [-0.4, -0.2) is 22.5 Å². The molecule has 2 N–H and O–H groups in total. The molecule has 4 heteroatoms. The van der Waals surface area contributed by atoms with E-state index in [1.54, 1.807) is 19.1 Å². The van der Waals surface area contributed by atoms with E-state index in [9.17, 15) is 9.59 Å². The Morgan fingerprint density at radius 1 is 1.21 bits per heavy atom. The van der Waals surface area contributed by atoms with Gasteiger partial charge in [0.05, 0.1) is 5.56 Å². The summed E-state index contributed by atoms with van der Waals surface area (Å²) in [6.07, 6.45) is 1.85. The normalized spacial score (nSPS) is 11.2. The Labute approximate surface area is 113 Å². The van der Waals surface area contributed by atoms with Crippen LogP contribution in [0.5, 0.6) is 0 Å². The van der Waals surface area contributed by atoms with Crippen molar-refractivity contribution >= 4 is 11.9 Å². The molecule has 1 aromatic rings. The highest BCUT2D eigenvalue weighted by atomic mass is 16.4. The van der Waals surface area contributed by atoms with Crippen LogP contribution in [0.3, 0.4) is 0 Å². The zero-order valence-electron chi connectivity index (χ0n) is 11.9. The molecule has 0 atom stereocenters. The zero-order chi connectivity index (χ0) is 14.6. The molecule has 0 radical (unpaired) electrons. The lowest BCUT2D eigenvalue weighted by Gasteiger charge is -2.25. The van der Waals surface area contributed by atoms with Crippen molar-refractivity contribution in [2.75, 3.05) is 0 Å². The summed E-state index contributed by atoms with van der Waals surface area (Å²) in [7, 11) is 0. The maximum Gasteiger partial charge on any atom is 0.335 e. The second kappa shape index (κ2) is 5.87. The lowest BCUT2D eigenvalue weighted by atomic mass is 9.97. The zero-order valence-corrected chi connectivity index (χ0v) is 11.9. The second-order valence-corrected chi connectivity index (χ2v) is 5.48. The van der Waals surface area contributed by atoms with Crippen LogP contribution in [0.1, 0.15) is 59.9 Å². The van der Waals surface area contributed by atoms with Gasteiger partial charge in [0.25, 0.3) is 5.91 Å². The Hall–Kier alpha value is -1.84. The molecule has 0 aliphatic carbocycles. The van der Waals surface area contributed by atoms with Crippen molar-refractivity contribution in [1.82, 2.24) is 5.32 Å². The third-order valence-corrected chi connectivity index (χ3v) is 2.91. The second-order valence-electron chi connectivity index (χ2n) is 5.48. The molecule has 0 unspecified atom stereocenters. The van der Waals surface area contributed by atoms with Gasteiger partial charge in [0.1, 0.15) is 0 Å². The molecule has 0 aromatic heterocycles. The van der Waals surface area contributed by atoms with E-state index in [-0.39, 0.29) is 17.0 Å². The molecule has 0 bridgehead atoms. The molecule has 0 heterocycles. The highest BCUT2D eigenvalue weighted by Crippen LogP contribution is 2.14. The minimum Gasteiger partial charge on any atom is -0.478 e. The molecule has 104 valence electrons. The lowest BCUT2D eigenvalue weighted by molar-refractivity contribution is 0.0696. The minimum atomic E-state index is -1.02. The SMILES string of the molecule is CCCC(C)(C)NC(=O)c1cc(C)cc(C(=O)O)c1. The highest BCUT2D eigenvalue weighted by molar-refractivity contribution is 5.98. The van der Waals surface area contributed by atoms with Crippen molar-refractivity contribution in [1.29, 1.82) is 0 Å². The van der Waals surface area contributed by atoms with Gasteiger partial charge in [0.2, 0.25) is 0 Å². The van der Waals surface area contributed by atoms with Crippen LogP contribution < -0.4 is 5.32 Å². The van der Waals surface area contributed by atoms with Crippen molar-refractivity contribution in [3.8, 4) is 0 Å². The predicted octanol–water partition coefficient (Wildman–Crippen LogP) is 3.00. The summed E-state index contributed by atoms with van der Waals surface area (Å²) in [5, 5.41) is 11.9. The summed E-state index contributed by atoms with van der Waals surface area (Å²) < 4.78 is 0. The Morgan fingerprint density at radius 2 is 1.79 bits per heavy atom. The first-order valence-corrected chi connectivity index (χ1v) is 6.42. The lowest BCUT2D eigenvalue weighted by Crippen LogP contribution is -2.43. The van der Waals surface area contributed by atoms with Gasteiger partial charge in [0.15, 0.2) is 0 Å². The smallest absolute Gasteiger partial charge is 0.335 e. The Bertz CT molecular complexity index is 492. The van der Waals surface area contributed by atoms with Crippen molar-refractivity contribution in [3.05, 3.63) is 34.9 Å². The van der Waals surface area contributed by atoms with Gasteiger partial charge in [-0.2, -0.15) is 0 Å². The van der Waals surface area contributed by atoms with Crippen LogP contribution >= 0.6 is 0 Å². The van der Waals surface area contributed by atoms with Crippen molar-refractivity contribution < 1.29 is 14.7 Å². The number of carboxylic acid groups (broad SMARTS) is 1. The monoisotopic (exact) mass is 263 g/mol. The molecule has 0 saturated heterocycles. The van der Waals surface area contributed by atoms with E-state index in [2.05, 4.69) is 12.2 Å². The maximum absolute atomic E-state index is 12.2. The van der Waals surface area contributed by atoms with Crippen LogP contribution in [0.15, 0.2) is 18.2 Å². The Kier molecular flexibility index (Phi) is 4.70. The first-order chi connectivity index (χ1) is 8.75.